The molecule has 0 aliphatic carbocycles. The summed E-state index contributed by atoms with van der Waals surface area (Å²) in [4.78, 5) is 19.1. The maximum absolute atomic E-state index is 11.8. The third-order valence-electron chi connectivity index (χ3n) is 2.74. The van der Waals surface area contributed by atoms with Gasteiger partial charge < -0.3 is 10.3 Å². The van der Waals surface area contributed by atoms with E-state index in [1.807, 2.05) is 13.8 Å². The smallest absolute Gasteiger partial charge is 0.223 e. The first-order chi connectivity index (χ1) is 7.69. The lowest BCUT2D eigenvalue weighted by Crippen LogP contribution is -2.33. The van der Waals surface area contributed by atoms with Crippen LogP contribution in [-0.2, 0) is 4.79 Å². The number of rotatable bonds is 6. The Hall–Kier alpha value is -1.32. The van der Waals surface area contributed by atoms with Crippen molar-refractivity contribution in [1.82, 2.24) is 15.3 Å². The third-order valence-corrected chi connectivity index (χ3v) is 2.74. The first kappa shape index (κ1) is 12.7. The van der Waals surface area contributed by atoms with Crippen molar-refractivity contribution in [2.45, 2.75) is 46.1 Å². The summed E-state index contributed by atoms with van der Waals surface area (Å²) in [5, 5.41) is 3.02. The maximum atomic E-state index is 11.8. The van der Waals surface area contributed by atoms with E-state index in [1.165, 1.54) is 0 Å². The van der Waals surface area contributed by atoms with Crippen LogP contribution in [0.4, 0.5) is 0 Å². The van der Waals surface area contributed by atoms with Gasteiger partial charge in [0.05, 0.1) is 6.04 Å². The van der Waals surface area contributed by atoms with Gasteiger partial charge in [-0.05, 0) is 12.8 Å². The Bertz CT molecular complexity index is 308. The zero-order valence-corrected chi connectivity index (χ0v) is 10.3. The summed E-state index contributed by atoms with van der Waals surface area (Å²) in [5.41, 5.74) is 0. The van der Waals surface area contributed by atoms with Crippen LogP contribution in [0.25, 0.3) is 0 Å². The predicted molar refractivity (Wildman–Crippen MR) is 63.8 cm³/mol. The third kappa shape index (κ3) is 3.36. The van der Waals surface area contributed by atoms with Gasteiger partial charge in [-0.25, -0.2) is 4.98 Å². The van der Waals surface area contributed by atoms with E-state index in [1.54, 1.807) is 12.4 Å². The number of nitrogens with one attached hydrogen (secondary N) is 2. The SMILES string of the molecule is CCCC(C)C(=O)NC(CC)c1ncc[nH]1. The Labute approximate surface area is 96.9 Å². The lowest BCUT2D eigenvalue weighted by atomic mass is 10.0. The Morgan fingerprint density at radius 2 is 2.31 bits per heavy atom. The molecule has 0 aliphatic heterocycles. The van der Waals surface area contributed by atoms with Gasteiger partial charge in [-0.3, -0.25) is 4.79 Å². The minimum atomic E-state index is 0.00167. The molecule has 0 fully saturated rings. The Morgan fingerprint density at radius 3 is 2.81 bits per heavy atom. The molecule has 1 aromatic heterocycles. The van der Waals surface area contributed by atoms with E-state index in [2.05, 4.69) is 22.2 Å². The van der Waals surface area contributed by atoms with E-state index < -0.39 is 0 Å². The number of nitrogens with zero attached hydrogens (tertiary/aromatic N) is 1. The van der Waals surface area contributed by atoms with Crippen LogP contribution in [0.2, 0.25) is 0 Å². The molecule has 16 heavy (non-hydrogen) atoms. The van der Waals surface area contributed by atoms with Crippen molar-refractivity contribution in [2.75, 3.05) is 0 Å². The van der Waals surface area contributed by atoms with E-state index >= 15 is 0 Å². The average molecular weight is 223 g/mol. The normalized spacial score (nSPS) is 14.4. The summed E-state index contributed by atoms with van der Waals surface area (Å²) in [6.07, 6.45) is 6.30. The number of carbonyl (C=O) groups excluding carboxylic acids is 1. The van der Waals surface area contributed by atoms with E-state index in [4.69, 9.17) is 0 Å². The van der Waals surface area contributed by atoms with Crippen molar-refractivity contribution in [2.24, 2.45) is 5.92 Å². The highest BCUT2D eigenvalue weighted by molar-refractivity contribution is 5.78. The van der Waals surface area contributed by atoms with Crippen molar-refractivity contribution in [3.8, 4) is 0 Å². The quantitative estimate of drug-likeness (QED) is 0.778. The minimum Gasteiger partial charge on any atom is -0.347 e. The fraction of sp³-hybridized carbons (Fsp3) is 0.667. The van der Waals surface area contributed by atoms with Gasteiger partial charge in [0.1, 0.15) is 5.82 Å². The highest BCUT2D eigenvalue weighted by atomic mass is 16.1. The number of carbonyl (C=O) groups is 1. The number of imidazole rings is 1. The number of hydrogen-bond donors (Lipinski definition) is 2. The van der Waals surface area contributed by atoms with Crippen LogP contribution in [0.15, 0.2) is 12.4 Å². The summed E-state index contributed by atoms with van der Waals surface area (Å²) in [6, 6.07) is 0.00167. The van der Waals surface area contributed by atoms with Gasteiger partial charge in [-0.15, -0.1) is 0 Å². The molecule has 0 bridgehead atoms. The number of aromatic amines is 1. The number of H-pyrrole nitrogens is 1. The van der Waals surface area contributed by atoms with Gasteiger partial charge in [0.25, 0.3) is 0 Å². The first-order valence-corrected chi connectivity index (χ1v) is 5.98. The molecule has 2 unspecified atom stereocenters. The molecular formula is C12H21N3O. The zero-order chi connectivity index (χ0) is 12.0. The highest BCUT2D eigenvalue weighted by Crippen LogP contribution is 2.13. The molecular weight excluding hydrogens is 202 g/mol. The molecule has 0 saturated heterocycles. The number of hydrogen-bond acceptors (Lipinski definition) is 2. The van der Waals surface area contributed by atoms with Crippen LogP contribution in [0.3, 0.4) is 0 Å². The Morgan fingerprint density at radius 1 is 1.56 bits per heavy atom. The standard InChI is InChI=1S/C12H21N3O/c1-4-6-9(3)12(16)15-10(5-2)11-13-7-8-14-11/h7-10H,4-6H2,1-3H3,(H,13,14)(H,15,16). The second-order valence-corrected chi connectivity index (χ2v) is 4.13. The summed E-state index contributed by atoms with van der Waals surface area (Å²) < 4.78 is 0. The summed E-state index contributed by atoms with van der Waals surface area (Å²) in [7, 11) is 0. The molecule has 4 nitrogen and oxygen atoms in total. The molecule has 1 rings (SSSR count). The molecule has 90 valence electrons. The van der Waals surface area contributed by atoms with Crippen LogP contribution >= 0.6 is 0 Å². The van der Waals surface area contributed by atoms with Crippen LogP contribution in [0, 0.1) is 5.92 Å². The van der Waals surface area contributed by atoms with Gasteiger partial charge in [-0.2, -0.15) is 0 Å². The molecule has 0 spiro atoms. The lowest BCUT2D eigenvalue weighted by molar-refractivity contribution is -0.125. The van der Waals surface area contributed by atoms with E-state index in [-0.39, 0.29) is 17.9 Å². The van der Waals surface area contributed by atoms with Crippen molar-refractivity contribution in [3.05, 3.63) is 18.2 Å². The van der Waals surface area contributed by atoms with E-state index in [0.29, 0.717) is 0 Å². The fourth-order valence-electron chi connectivity index (χ4n) is 1.71. The van der Waals surface area contributed by atoms with Gasteiger partial charge in [0.15, 0.2) is 0 Å². The Balaban J connectivity index is 2.54. The van der Waals surface area contributed by atoms with Gasteiger partial charge in [0, 0.05) is 18.3 Å². The largest absolute Gasteiger partial charge is 0.347 e. The highest BCUT2D eigenvalue weighted by Gasteiger charge is 2.18. The zero-order valence-electron chi connectivity index (χ0n) is 10.3. The van der Waals surface area contributed by atoms with Crippen molar-refractivity contribution in [1.29, 1.82) is 0 Å². The molecule has 1 heterocycles. The summed E-state index contributed by atoms with van der Waals surface area (Å²) >= 11 is 0. The average Bonchev–Trinajstić information content (AvgIpc) is 2.79. The minimum absolute atomic E-state index is 0.00167. The van der Waals surface area contributed by atoms with E-state index in [9.17, 15) is 4.79 Å². The Kier molecular flexibility index (Phi) is 5.02. The van der Waals surface area contributed by atoms with Crippen molar-refractivity contribution < 1.29 is 4.79 Å². The fourth-order valence-corrected chi connectivity index (χ4v) is 1.71. The number of aromatic nitrogens is 2. The summed E-state index contributed by atoms with van der Waals surface area (Å²) in [5.74, 6) is 1.03. The number of amides is 1. The van der Waals surface area contributed by atoms with Crippen LogP contribution in [0.5, 0.6) is 0 Å². The molecule has 0 aromatic carbocycles. The van der Waals surface area contributed by atoms with Crippen LogP contribution in [0.1, 0.15) is 51.9 Å². The predicted octanol–water partition coefficient (Wildman–Crippen LogP) is 2.41. The second kappa shape index (κ2) is 6.30. The molecule has 2 N–H and O–H groups in total. The maximum Gasteiger partial charge on any atom is 0.223 e. The molecule has 2 atom stereocenters. The van der Waals surface area contributed by atoms with Crippen LogP contribution < -0.4 is 5.32 Å². The second-order valence-electron chi connectivity index (χ2n) is 4.13. The summed E-state index contributed by atoms with van der Waals surface area (Å²) in [6.45, 7) is 6.10. The van der Waals surface area contributed by atoms with Gasteiger partial charge in [-0.1, -0.05) is 27.2 Å². The van der Waals surface area contributed by atoms with Crippen molar-refractivity contribution in [3.63, 3.8) is 0 Å². The molecule has 1 amide bonds. The molecule has 0 saturated carbocycles. The monoisotopic (exact) mass is 223 g/mol. The van der Waals surface area contributed by atoms with Crippen LogP contribution in [-0.4, -0.2) is 15.9 Å². The topological polar surface area (TPSA) is 57.8 Å². The first-order valence-electron chi connectivity index (χ1n) is 5.98. The van der Waals surface area contributed by atoms with Crippen molar-refractivity contribution >= 4 is 5.91 Å². The molecule has 4 heteroatoms. The van der Waals surface area contributed by atoms with E-state index in [0.717, 1.165) is 25.1 Å². The molecule has 1 aromatic rings. The molecule has 0 radical (unpaired) electrons. The lowest BCUT2D eigenvalue weighted by Gasteiger charge is -2.17. The van der Waals surface area contributed by atoms with Gasteiger partial charge in [0.2, 0.25) is 5.91 Å². The van der Waals surface area contributed by atoms with Gasteiger partial charge >= 0.3 is 0 Å². The molecule has 0 aliphatic rings.